The molecular weight excluding hydrogens is 260 g/mol. The van der Waals surface area contributed by atoms with Crippen molar-refractivity contribution in [1.29, 1.82) is 0 Å². The van der Waals surface area contributed by atoms with Gasteiger partial charge >= 0.3 is 0 Å². The maximum absolute atomic E-state index is 9.09. The fourth-order valence-corrected chi connectivity index (χ4v) is 3.48. The molecule has 1 aliphatic heterocycles. The minimum absolute atomic E-state index is 0.127. The van der Waals surface area contributed by atoms with E-state index in [9.17, 15) is 0 Å². The standard InChI is InChI=1S/C18H30N2O/c1-14-10-15(2)12-17(11-14)18(19)5-8-20-7-3-4-16(13-20)6-9-21/h10-12,16,18,21H,3-9,13,19H2,1-2H3. The minimum Gasteiger partial charge on any atom is -0.396 e. The summed E-state index contributed by atoms with van der Waals surface area (Å²) in [6, 6.07) is 6.74. The van der Waals surface area contributed by atoms with Crippen LogP contribution in [-0.4, -0.2) is 36.2 Å². The van der Waals surface area contributed by atoms with E-state index in [4.69, 9.17) is 10.8 Å². The average molecular weight is 290 g/mol. The molecular formula is C18H30N2O. The highest BCUT2D eigenvalue weighted by Gasteiger charge is 2.20. The molecule has 0 saturated carbocycles. The lowest BCUT2D eigenvalue weighted by molar-refractivity contribution is 0.144. The number of nitrogens with two attached hydrogens (primary N) is 1. The Kier molecular flexibility index (Phi) is 6.22. The highest BCUT2D eigenvalue weighted by molar-refractivity contribution is 5.30. The van der Waals surface area contributed by atoms with Gasteiger partial charge in [0, 0.05) is 19.2 Å². The lowest BCUT2D eigenvalue weighted by Gasteiger charge is -2.33. The van der Waals surface area contributed by atoms with Crippen LogP contribution < -0.4 is 5.73 Å². The number of benzene rings is 1. The molecule has 2 rings (SSSR count). The smallest absolute Gasteiger partial charge is 0.0434 e. The van der Waals surface area contributed by atoms with Crippen molar-refractivity contribution in [3.8, 4) is 0 Å². The van der Waals surface area contributed by atoms with Gasteiger partial charge in [-0.05, 0) is 64.1 Å². The lowest BCUT2D eigenvalue weighted by atomic mass is 9.94. The van der Waals surface area contributed by atoms with Crippen LogP contribution >= 0.6 is 0 Å². The monoisotopic (exact) mass is 290 g/mol. The maximum Gasteiger partial charge on any atom is 0.0434 e. The molecule has 2 unspecified atom stereocenters. The number of rotatable bonds is 6. The highest BCUT2D eigenvalue weighted by atomic mass is 16.3. The summed E-state index contributed by atoms with van der Waals surface area (Å²) in [6.07, 6.45) is 4.47. The Hall–Kier alpha value is -0.900. The number of hydrogen-bond acceptors (Lipinski definition) is 3. The van der Waals surface area contributed by atoms with Crippen molar-refractivity contribution < 1.29 is 5.11 Å². The summed E-state index contributed by atoms with van der Waals surface area (Å²) in [4.78, 5) is 2.52. The molecule has 3 heteroatoms. The molecule has 0 amide bonds. The van der Waals surface area contributed by atoms with Crippen LogP contribution in [0.2, 0.25) is 0 Å². The van der Waals surface area contributed by atoms with Crippen molar-refractivity contribution in [3.05, 3.63) is 34.9 Å². The number of aryl methyl sites for hydroxylation is 2. The van der Waals surface area contributed by atoms with Gasteiger partial charge in [0.25, 0.3) is 0 Å². The van der Waals surface area contributed by atoms with Crippen LogP contribution in [0.1, 0.15) is 48.4 Å². The molecule has 118 valence electrons. The topological polar surface area (TPSA) is 49.5 Å². The number of aliphatic hydroxyl groups excluding tert-OH is 1. The van der Waals surface area contributed by atoms with Crippen LogP contribution in [0.3, 0.4) is 0 Å². The predicted molar refractivity (Wildman–Crippen MR) is 88.3 cm³/mol. The minimum atomic E-state index is 0.127. The summed E-state index contributed by atoms with van der Waals surface area (Å²) in [5, 5.41) is 9.09. The van der Waals surface area contributed by atoms with Gasteiger partial charge in [-0.15, -0.1) is 0 Å². The summed E-state index contributed by atoms with van der Waals surface area (Å²) in [6.45, 7) is 7.96. The van der Waals surface area contributed by atoms with Crippen molar-refractivity contribution in [2.75, 3.05) is 26.2 Å². The van der Waals surface area contributed by atoms with E-state index in [0.29, 0.717) is 12.5 Å². The second-order valence-corrected chi connectivity index (χ2v) is 6.64. The Labute approximate surface area is 129 Å². The van der Waals surface area contributed by atoms with E-state index in [1.165, 1.54) is 36.1 Å². The van der Waals surface area contributed by atoms with Crippen molar-refractivity contribution in [3.63, 3.8) is 0 Å². The molecule has 1 saturated heterocycles. The molecule has 3 nitrogen and oxygen atoms in total. The number of aliphatic hydroxyl groups is 1. The fourth-order valence-electron chi connectivity index (χ4n) is 3.48. The van der Waals surface area contributed by atoms with E-state index < -0.39 is 0 Å². The molecule has 0 bridgehead atoms. The van der Waals surface area contributed by atoms with Gasteiger partial charge in [-0.1, -0.05) is 29.3 Å². The molecule has 1 aliphatic rings. The van der Waals surface area contributed by atoms with Crippen LogP contribution in [0, 0.1) is 19.8 Å². The average Bonchev–Trinajstić information content (AvgIpc) is 2.44. The third kappa shape index (κ3) is 5.10. The van der Waals surface area contributed by atoms with Crippen LogP contribution in [0.4, 0.5) is 0 Å². The van der Waals surface area contributed by atoms with Crippen LogP contribution in [0.5, 0.6) is 0 Å². The zero-order chi connectivity index (χ0) is 15.2. The summed E-state index contributed by atoms with van der Waals surface area (Å²) < 4.78 is 0. The van der Waals surface area contributed by atoms with Gasteiger partial charge in [-0.2, -0.15) is 0 Å². The SMILES string of the molecule is Cc1cc(C)cc(C(N)CCN2CCCC(CCO)C2)c1. The third-order valence-electron chi connectivity index (χ3n) is 4.57. The molecule has 1 fully saturated rings. The Morgan fingerprint density at radius 1 is 1.29 bits per heavy atom. The Bertz CT molecular complexity index is 425. The van der Waals surface area contributed by atoms with Gasteiger partial charge in [0.2, 0.25) is 0 Å². The third-order valence-corrected chi connectivity index (χ3v) is 4.57. The molecule has 1 aromatic rings. The number of piperidine rings is 1. The van der Waals surface area contributed by atoms with Gasteiger partial charge in [-0.25, -0.2) is 0 Å². The zero-order valence-electron chi connectivity index (χ0n) is 13.5. The van der Waals surface area contributed by atoms with Crippen LogP contribution in [0.15, 0.2) is 18.2 Å². The van der Waals surface area contributed by atoms with Crippen molar-refractivity contribution in [2.24, 2.45) is 11.7 Å². The number of likely N-dealkylation sites (tertiary alicyclic amines) is 1. The first-order chi connectivity index (χ1) is 10.1. The van der Waals surface area contributed by atoms with Crippen molar-refractivity contribution in [2.45, 2.75) is 45.6 Å². The predicted octanol–water partition coefficient (Wildman–Crippen LogP) is 2.79. The molecule has 21 heavy (non-hydrogen) atoms. The van der Waals surface area contributed by atoms with Gasteiger partial charge in [0.1, 0.15) is 0 Å². The summed E-state index contributed by atoms with van der Waals surface area (Å²) in [7, 11) is 0. The quantitative estimate of drug-likeness (QED) is 0.847. The van der Waals surface area contributed by atoms with Crippen molar-refractivity contribution in [1.82, 2.24) is 4.90 Å². The van der Waals surface area contributed by atoms with E-state index >= 15 is 0 Å². The zero-order valence-corrected chi connectivity index (χ0v) is 13.5. The fraction of sp³-hybridized carbons (Fsp3) is 0.667. The lowest BCUT2D eigenvalue weighted by Crippen LogP contribution is -2.37. The molecule has 0 aromatic heterocycles. The van der Waals surface area contributed by atoms with E-state index in [0.717, 1.165) is 25.9 Å². The van der Waals surface area contributed by atoms with E-state index in [1.54, 1.807) is 0 Å². The Morgan fingerprint density at radius 2 is 2.00 bits per heavy atom. The Balaban J connectivity index is 1.84. The molecule has 3 N–H and O–H groups in total. The van der Waals surface area contributed by atoms with Crippen LogP contribution in [-0.2, 0) is 0 Å². The first-order valence-corrected chi connectivity index (χ1v) is 8.25. The van der Waals surface area contributed by atoms with Gasteiger partial charge in [-0.3, -0.25) is 0 Å². The first-order valence-electron chi connectivity index (χ1n) is 8.25. The molecule has 1 heterocycles. The largest absolute Gasteiger partial charge is 0.396 e. The first kappa shape index (κ1) is 16.5. The molecule has 0 radical (unpaired) electrons. The van der Waals surface area contributed by atoms with Gasteiger partial charge in [0.05, 0.1) is 0 Å². The highest BCUT2D eigenvalue weighted by Crippen LogP contribution is 2.22. The second kappa shape index (κ2) is 7.92. The van der Waals surface area contributed by atoms with E-state index in [2.05, 4.69) is 36.9 Å². The molecule has 2 atom stereocenters. The van der Waals surface area contributed by atoms with Gasteiger partial charge < -0.3 is 15.7 Å². The van der Waals surface area contributed by atoms with Crippen molar-refractivity contribution >= 4 is 0 Å². The van der Waals surface area contributed by atoms with Gasteiger partial charge in [0.15, 0.2) is 0 Å². The molecule has 0 aliphatic carbocycles. The summed E-state index contributed by atoms with van der Waals surface area (Å²) in [5.41, 5.74) is 10.2. The normalized spacial score (nSPS) is 21.4. The maximum atomic E-state index is 9.09. The Morgan fingerprint density at radius 3 is 2.67 bits per heavy atom. The molecule has 1 aromatic carbocycles. The molecule has 0 spiro atoms. The summed E-state index contributed by atoms with van der Waals surface area (Å²) >= 11 is 0. The van der Waals surface area contributed by atoms with Crippen LogP contribution in [0.25, 0.3) is 0 Å². The second-order valence-electron chi connectivity index (χ2n) is 6.64. The number of nitrogens with zero attached hydrogens (tertiary/aromatic N) is 1. The van der Waals surface area contributed by atoms with E-state index in [1.807, 2.05) is 0 Å². The van der Waals surface area contributed by atoms with E-state index in [-0.39, 0.29) is 6.04 Å². The summed E-state index contributed by atoms with van der Waals surface area (Å²) in [5.74, 6) is 0.668. The number of hydrogen-bond donors (Lipinski definition) is 2.